The largest absolute Gasteiger partial charge is 0.253 e. The molecule has 0 aliphatic rings. The van der Waals surface area contributed by atoms with Crippen molar-refractivity contribution < 1.29 is 4.79 Å². The molecule has 0 spiro atoms. The van der Waals surface area contributed by atoms with Crippen LogP contribution in [0.15, 0.2) is 35.6 Å². The summed E-state index contributed by atoms with van der Waals surface area (Å²) in [6, 6.07) is 5.28. The molecular formula is C9H5N3O. The lowest BCUT2D eigenvalue weighted by molar-refractivity contribution is 0.565. The van der Waals surface area contributed by atoms with Crippen LogP contribution in [0.25, 0.3) is 11.0 Å². The Kier molecular flexibility index (Phi) is 1.82. The zero-order valence-corrected chi connectivity index (χ0v) is 6.64. The van der Waals surface area contributed by atoms with Gasteiger partial charge in [-0.15, -0.1) is 0 Å². The second-order valence-corrected chi connectivity index (χ2v) is 2.40. The molecule has 0 amide bonds. The summed E-state index contributed by atoms with van der Waals surface area (Å²) in [5.74, 6) is 0. The van der Waals surface area contributed by atoms with Crippen molar-refractivity contribution in [2.24, 2.45) is 4.99 Å². The lowest BCUT2D eigenvalue weighted by Crippen LogP contribution is -1.81. The summed E-state index contributed by atoms with van der Waals surface area (Å²) in [5.41, 5.74) is 1.84. The van der Waals surface area contributed by atoms with Gasteiger partial charge in [-0.25, -0.2) is 4.79 Å². The molecule has 1 heterocycles. The number of hydrogen-bond acceptors (Lipinski definition) is 4. The molecule has 2 aromatic rings. The third-order valence-corrected chi connectivity index (χ3v) is 1.64. The minimum absolute atomic E-state index is 0.501. The molecule has 2 rings (SSSR count). The number of benzene rings is 1. The number of hydrogen-bond donors (Lipinski definition) is 0. The molecule has 0 fully saturated rings. The summed E-state index contributed by atoms with van der Waals surface area (Å²) in [6.45, 7) is 0. The molecule has 0 aliphatic carbocycles. The third-order valence-electron chi connectivity index (χ3n) is 1.64. The average Bonchev–Trinajstić information content (AvgIpc) is 2.19. The number of nitrogens with zero attached hydrogens (tertiary/aromatic N) is 3. The number of fused-ring (bicyclic) bond motifs is 1. The summed E-state index contributed by atoms with van der Waals surface area (Å²) in [7, 11) is 0. The molecule has 4 heteroatoms. The number of aromatic nitrogens is 2. The highest BCUT2D eigenvalue weighted by atomic mass is 16.1. The van der Waals surface area contributed by atoms with E-state index in [1.807, 2.05) is 6.07 Å². The number of para-hydroxylation sites is 1. The number of rotatable bonds is 1. The first-order chi connectivity index (χ1) is 6.42. The Hall–Kier alpha value is -2.06. The quantitative estimate of drug-likeness (QED) is 0.483. The Bertz CT molecular complexity index is 484. The molecule has 13 heavy (non-hydrogen) atoms. The maximum atomic E-state index is 10.1. The Labute approximate surface area is 74.0 Å². The zero-order valence-electron chi connectivity index (χ0n) is 6.64. The van der Waals surface area contributed by atoms with Gasteiger partial charge in [-0.05, 0) is 12.1 Å². The Morgan fingerprint density at radius 1 is 1.23 bits per heavy atom. The highest BCUT2D eigenvalue weighted by Crippen LogP contribution is 2.20. The van der Waals surface area contributed by atoms with Crippen molar-refractivity contribution >= 4 is 22.8 Å². The van der Waals surface area contributed by atoms with Gasteiger partial charge < -0.3 is 0 Å². The monoisotopic (exact) mass is 171 g/mol. The standard InChI is InChI=1S/C9H5N3O/c13-6-12-8-3-1-2-7-9(8)11-5-4-10-7/h1-5H. The first kappa shape index (κ1) is 7.58. The molecule has 0 saturated carbocycles. The van der Waals surface area contributed by atoms with E-state index in [-0.39, 0.29) is 0 Å². The fourth-order valence-corrected chi connectivity index (χ4v) is 1.12. The van der Waals surface area contributed by atoms with Crippen LogP contribution in [-0.4, -0.2) is 16.0 Å². The van der Waals surface area contributed by atoms with Gasteiger partial charge in [0.1, 0.15) is 11.2 Å². The summed E-state index contributed by atoms with van der Waals surface area (Å²) in [4.78, 5) is 21.7. The highest BCUT2D eigenvalue weighted by molar-refractivity contribution is 5.86. The molecule has 0 radical (unpaired) electrons. The molecule has 0 unspecified atom stereocenters. The molecule has 4 nitrogen and oxygen atoms in total. The smallest absolute Gasteiger partial charge is 0.240 e. The minimum Gasteiger partial charge on any atom is -0.253 e. The normalized spacial score (nSPS) is 9.54. The van der Waals surface area contributed by atoms with E-state index in [1.54, 1.807) is 24.5 Å². The van der Waals surface area contributed by atoms with E-state index in [1.165, 1.54) is 6.08 Å². The molecule has 0 saturated heterocycles. The van der Waals surface area contributed by atoms with E-state index >= 15 is 0 Å². The average molecular weight is 171 g/mol. The van der Waals surface area contributed by atoms with E-state index in [0.717, 1.165) is 5.52 Å². The summed E-state index contributed by atoms with van der Waals surface area (Å²) in [5, 5.41) is 0. The fraction of sp³-hybridized carbons (Fsp3) is 0. The van der Waals surface area contributed by atoms with Gasteiger partial charge in [-0.3, -0.25) is 9.97 Å². The van der Waals surface area contributed by atoms with E-state index in [9.17, 15) is 4.79 Å². The number of aliphatic imine (C=N–C) groups is 1. The van der Waals surface area contributed by atoms with Crippen molar-refractivity contribution in [3.8, 4) is 0 Å². The lowest BCUT2D eigenvalue weighted by Gasteiger charge is -1.96. The Morgan fingerprint density at radius 2 is 2.08 bits per heavy atom. The fourth-order valence-electron chi connectivity index (χ4n) is 1.12. The van der Waals surface area contributed by atoms with E-state index < -0.39 is 0 Å². The van der Waals surface area contributed by atoms with Crippen molar-refractivity contribution in [3.63, 3.8) is 0 Å². The SMILES string of the molecule is O=C=Nc1cccc2nccnc12. The van der Waals surface area contributed by atoms with E-state index in [2.05, 4.69) is 15.0 Å². The van der Waals surface area contributed by atoms with Crippen LogP contribution >= 0.6 is 0 Å². The Morgan fingerprint density at radius 3 is 2.92 bits per heavy atom. The van der Waals surface area contributed by atoms with Crippen LogP contribution < -0.4 is 0 Å². The van der Waals surface area contributed by atoms with Gasteiger partial charge in [0.05, 0.1) is 5.52 Å². The maximum Gasteiger partial charge on any atom is 0.240 e. The van der Waals surface area contributed by atoms with Crippen LogP contribution in [0.5, 0.6) is 0 Å². The molecule has 0 atom stereocenters. The van der Waals surface area contributed by atoms with Crippen molar-refractivity contribution in [1.29, 1.82) is 0 Å². The molecule has 0 aliphatic heterocycles. The lowest BCUT2D eigenvalue weighted by atomic mass is 10.2. The first-order valence-electron chi connectivity index (χ1n) is 3.69. The van der Waals surface area contributed by atoms with Gasteiger partial charge in [-0.1, -0.05) is 6.07 Å². The summed E-state index contributed by atoms with van der Waals surface area (Å²) in [6.07, 6.45) is 4.64. The van der Waals surface area contributed by atoms with Gasteiger partial charge in [0.15, 0.2) is 0 Å². The maximum absolute atomic E-state index is 10.1. The van der Waals surface area contributed by atoms with Gasteiger partial charge in [0.2, 0.25) is 6.08 Å². The van der Waals surface area contributed by atoms with Crippen LogP contribution in [0.1, 0.15) is 0 Å². The highest BCUT2D eigenvalue weighted by Gasteiger charge is 1.99. The summed E-state index contributed by atoms with van der Waals surface area (Å²) >= 11 is 0. The molecular weight excluding hydrogens is 166 g/mol. The van der Waals surface area contributed by atoms with E-state index in [0.29, 0.717) is 11.2 Å². The van der Waals surface area contributed by atoms with Gasteiger partial charge in [0, 0.05) is 12.4 Å². The third kappa shape index (κ3) is 1.30. The van der Waals surface area contributed by atoms with E-state index in [4.69, 9.17) is 0 Å². The van der Waals surface area contributed by atoms with Crippen LogP contribution in [0.2, 0.25) is 0 Å². The molecule has 0 bridgehead atoms. The molecule has 62 valence electrons. The van der Waals surface area contributed by atoms with Crippen LogP contribution in [-0.2, 0) is 4.79 Å². The van der Waals surface area contributed by atoms with Gasteiger partial charge >= 0.3 is 0 Å². The molecule has 0 N–H and O–H groups in total. The number of carbonyl (C=O) groups excluding carboxylic acids is 1. The molecule has 1 aromatic heterocycles. The zero-order chi connectivity index (χ0) is 9.10. The van der Waals surface area contributed by atoms with Gasteiger partial charge in [-0.2, -0.15) is 4.99 Å². The van der Waals surface area contributed by atoms with Crippen LogP contribution in [0.4, 0.5) is 5.69 Å². The molecule has 1 aromatic carbocycles. The minimum atomic E-state index is 0.501. The van der Waals surface area contributed by atoms with Crippen molar-refractivity contribution in [1.82, 2.24) is 9.97 Å². The van der Waals surface area contributed by atoms with Crippen LogP contribution in [0.3, 0.4) is 0 Å². The number of isocyanates is 1. The second kappa shape index (κ2) is 3.13. The van der Waals surface area contributed by atoms with Crippen molar-refractivity contribution in [2.75, 3.05) is 0 Å². The van der Waals surface area contributed by atoms with Crippen LogP contribution in [0, 0.1) is 0 Å². The van der Waals surface area contributed by atoms with Crippen molar-refractivity contribution in [2.45, 2.75) is 0 Å². The predicted molar refractivity (Wildman–Crippen MR) is 47.3 cm³/mol. The van der Waals surface area contributed by atoms with Gasteiger partial charge in [0.25, 0.3) is 0 Å². The summed E-state index contributed by atoms with van der Waals surface area (Å²) < 4.78 is 0. The Balaban J connectivity index is 2.82. The van der Waals surface area contributed by atoms with Crippen molar-refractivity contribution in [3.05, 3.63) is 30.6 Å². The second-order valence-electron chi connectivity index (χ2n) is 2.40. The first-order valence-corrected chi connectivity index (χ1v) is 3.69. The predicted octanol–water partition coefficient (Wildman–Crippen LogP) is 1.60. The topological polar surface area (TPSA) is 55.2 Å².